The first-order valence-electron chi connectivity index (χ1n) is 8.36. The fraction of sp³-hybridized carbons (Fsp3) is 0.0476. The van der Waals surface area contributed by atoms with E-state index in [-0.39, 0.29) is 17.2 Å². The van der Waals surface area contributed by atoms with Gasteiger partial charge < -0.3 is 5.32 Å². The second-order valence-corrected chi connectivity index (χ2v) is 6.22. The minimum atomic E-state index is -0.474. The maximum atomic E-state index is 12.6. The molecule has 1 aromatic heterocycles. The number of hydrogen-bond donors (Lipinski definition) is 1. The Morgan fingerprint density at radius 1 is 0.963 bits per heavy atom. The predicted molar refractivity (Wildman–Crippen MR) is 101 cm³/mol. The molecule has 27 heavy (non-hydrogen) atoms. The maximum Gasteiger partial charge on any atom is 0.284 e. The first kappa shape index (κ1) is 16.7. The first-order valence-corrected chi connectivity index (χ1v) is 8.36. The summed E-state index contributed by atoms with van der Waals surface area (Å²) in [5.41, 5.74) is 2.86. The zero-order chi connectivity index (χ0) is 19.0. The molecule has 0 saturated carbocycles. The number of carbonyl (C=O) groups is 3. The Kier molecular flexibility index (Phi) is 4.01. The van der Waals surface area contributed by atoms with Crippen LogP contribution in [0.5, 0.6) is 0 Å². The van der Waals surface area contributed by atoms with Crippen molar-refractivity contribution in [3.05, 3.63) is 89.2 Å². The number of carbonyl (C=O) groups excluding carboxylic acids is 3. The number of pyridine rings is 1. The van der Waals surface area contributed by atoms with E-state index >= 15 is 0 Å². The first-order chi connectivity index (χ1) is 13.0. The molecule has 4 rings (SSSR count). The van der Waals surface area contributed by atoms with Crippen molar-refractivity contribution in [2.45, 2.75) is 6.92 Å². The molecule has 1 N–H and O–H groups in total. The highest BCUT2D eigenvalue weighted by Gasteiger charge is 2.37. The van der Waals surface area contributed by atoms with Crippen LogP contribution < -0.4 is 10.2 Å². The summed E-state index contributed by atoms with van der Waals surface area (Å²) in [5, 5.41) is 2.79. The molecule has 132 valence electrons. The van der Waals surface area contributed by atoms with Gasteiger partial charge in [-0.2, -0.15) is 0 Å². The number of nitrogens with one attached hydrogen (secondary N) is 1. The number of aromatic nitrogens is 1. The van der Waals surface area contributed by atoms with Gasteiger partial charge in [0.15, 0.2) is 0 Å². The van der Waals surface area contributed by atoms with Crippen LogP contribution in [0.1, 0.15) is 36.8 Å². The normalized spacial score (nSPS) is 12.9. The highest BCUT2D eigenvalue weighted by molar-refractivity contribution is 6.33. The number of anilines is 2. The SMILES string of the molecule is Cc1ccc(C(=O)Nc2cccc(N3C(=O)c4cccnc4C3=O)c2)cc1. The molecular formula is C21H15N3O3. The maximum absolute atomic E-state index is 12.6. The minimum absolute atomic E-state index is 0.136. The Hall–Kier alpha value is -3.80. The van der Waals surface area contributed by atoms with Crippen LogP contribution in [0.25, 0.3) is 0 Å². The molecule has 0 radical (unpaired) electrons. The van der Waals surface area contributed by atoms with Crippen molar-refractivity contribution < 1.29 is 14.4 Å². The lowest BCUT2D eigenvalue weighted by Gasteiger charge is -2.15. The van der Waals surface area contributed by atoms with Gasteiger partial charge in [0, 0.05) is 17.4 Å². The third-order valence-corrected chi connectivity index (χ3v) is 4.32. The third kappa shape index (κ3) is 2.97. The standard InChI is InChI=1S/C21H15N3O3/c1-13-7-9-14(10-8-13)19(25)23-15-4-2-5-16(12-15)24-20(26)17-6-3-11-22-18(17)21(24)27/h2-12H,1H3,(H,23,25). The van der Waals surface area contributed by atoms with Crippen molar-refractivity contribution in [2.75, 3.05) is 10.2 Å². The molecule has 2 aromatic carbocycles. The van der Waals surface area contributed by atoms with Gasteiger partial charge in [0.1, 0.15) is 5.69 Å². The number of aryl methyl sites for hydroxylation is 1. The molecule has 1 aliphatic heterocycles. The van der Waals surface area contributed by atoms with E-state index in [0.29, 0.717) is 16.9 Å². The average Bonchev–Trinajstić information content (AvgIpc) is 2.93. The highest BCUT2D eigenvalue weighted by atomic mass is 16.2. The van der Waals surface area contributed by atoms with E-state index in [1.54, 1.807) is 48.5 Å². The Bertz CT molecular complexity index is 1040. The summed E-state index contributed by atoms with van der Waals surface area (Å²) in [5.74, 6) is -1.17. The molecule has 0 unspecified atom stereocenters. The van der Waals surface area contributed by atoms with Crippen molar-refractivity contribution in [1.29, 1.82) is 0 Å². The van der Waals surface area contributed by atoms with E-state index < -0.39 is 11.8 Å². The van der Waals surface area contributed by atoms with Crippen molar-refractivity contribution in [1.82, 2.24) is 4.98 Å². The monoisotopic (exact) mass is 357 g/mol. The predicted octanol–water partition coefficient (Wildman–Crippen LogP) is 3.44. The number of fused-ring (bicyclic) bond motifs is 1. The summed E-state index contributed by atoms with van der Waals surface area (Å²) in [4.78, 5) is 42.6. The summed E-state index contributed by atoms with van der Waals surface area (Å²) < 4.78 is 0. The lowest BCUT2D eigenvalue weighted by atomic mass is 10.1. The number of amides is 3. The zero-order valence-corrected chi connectivity index (χ0v) is 14.5. The van der Waals surface area contributed by atoms with Crippen LogP contribution in [0.4, 0.5) is 11.4 Å². The smallest absolute Gasteiger partial charge is 0.284 e. The van der Waals surface area contributed by atoms with Gasteiger partial charge in [0.25, 0.3) is 17.7 Å². The molecule has 0 spiro atoms. The molecule has 2 heterocycles. The van der Waals surface area contributed by atoms with Gasteiger partial charge >= 0.3 is 0 Å². The van der Waals surface area contributed by atoms with E-state index in [1.807, 2.05) is 19.1 Å². The molecule has 0 fully saturated rings. The van der Waals surface area contributed by atoms with Gasteiger partial charge in [-0.05, 0) is 49.4 Å². The van der Waals surface area contributed by atoms with Gasteiger partial charge in [-0.3, -0.25) is 19.4 Å². The van der Waals surface area contributed by atoms with Gasteiger partial charge in [0.2, 0.25) is 0 Å². The average molecular weight is 357 g/mol. The van der Waals surface area contributed by atoms with Gasteiger partial charge in [-0.1, -0.05) is 23.8 Å². The van der Waals surface area contributed by atoms with E-state index in [1.165, 1.54) is 6.20 Å². The van der Waals surface area contributed by atoms with Gasteiger partial charge in [-0.25, -0.2) is 4.90 Å². The van der Waals surface area contributed by atoms with Gasteiger partial charge in [-0.15, -0.1) is 0 Å². The van der Waals surface area contributed by atoms with Crippen LogP contribution in [0, 0.1) is 6.92 Å². The molecule has 1 aliphatic rings. The third-order valence-electron chi connectivity index (χ3n) is 4.32. The molecule has 0 bridgehead atoms. The van der Waals surface area contributed by atoms with Crippen LogP contribution in [-0.2, 0) is 0 Å². The van der Waals surface area contributed by atoms with Gasteiger partial charge in [0.05, 0.1) is 11.3 Å². The molecular weight excluding hydrogens is 342 g/mol. The van der Waals surface area contributed by atoms with Crippen LogP contribution >= 0.6 is 0 Å². The number of nitrogens with zero attached hydrogens (tertiary/aromatic N) is 2. The molecule has 6 nitrogen and oxygen atoms in total. The summed E-state index contributed by atoms with van der Waals surface area (Å²) in [6.07, 6.45) is 1.48. The van der Waals surface area contributed by atoms with E-state index in [9.17, 15) is 14.4 Å². The van der Waals surface area contributed by atoms with Crippen molar-refractivity contribution in [3.63, 3.8) is 0 Å². The Morgan fingerprint density at radius 3 is 2.48 bits per heavy atom. The molecule has 0 saturated heterocycles. The number of hydrogen-bond acceptors (Lipinski definition) is 4. The zero-order valence-electron chi connectivity index (χ0n) is 14.5. The van der Waals surface area contributed by atoms with E-state index in [2.05, 4.69) is 10.3 Å². The van der Waals surface area contributed by atoms with E-state index in [4.69, 9.17) is 0 Å². The Balaban J connectivity index is 1.60. The highest BCUT2D eigenvalue weighted by Crippen LogP contribution is 2.28. The lowest BCUT2D eigenvalue weighted by molar-refractivity contribution is 0.0923. The number of benzene rings is 2. The second-order valence-electron chi connectivity index (χ2n) is 6.22. The summed E-state index contributed by atoms with van der Waals surface area (Å²) >= 11 is 0. The fourth-order valence-electron chi connectivity index (χ4n) is 2.93. The fourth-order valence-corrected chi connectivity index (χ4v) is 2.93. The summed E-state index contributed by atoms with van der Waals surface area (Å²) in [7, 11) is 0. The van der Waals surface area contributed by atoms with Crippen LogP contribution in [0.2, 0.25) is 0 Å². The summed E-state index contributed by atoms with van der Waals surface area (Å²) in [6, 6.07) is 17.0. The molecule has 0 aliphatic carbocycles. The largest absolute Gasteiger partial charge is 0.322 e. The number of rotatable bonds is 3. The summed E-state index contributed by atoms with van der Waals surface area (Å²) in [6.45, 7) is 1.95. The van der Waals surface area contributed by atoms with Crippen molar-refractivity contribution >= 4 is 29.1 Å². The topological polar surface area (TPSA) is 79.4 Å². The molecule has 3 amide bonds. The minimum Gasteiger partial charge on any atom is -0.322 e. The van der Waals surface area contributed by atoms with E-state index in [0.717, 1.165) is 10.5 Å². The Labute approximate surface area is 155 Å². The molecule has 3 aromatic rings. The van der Waals surface area contributed by atoms with Crippen LogP contribution in [0.15, 0.2) is 66.9 Å². The Morgan fingerprint density at radius 2 is 1.74 bits per heavy atom. The van der Waals surface area contributed by atoms with Crippen molar-refractivity contribution in [3.8, 4) is 0 Å². The van der Waals surface area contributed by atoms with Crippen LogP contribution in [-0.4, -0.2) is 22.7 Å². The lowest BCUT2D eigenvalue weighted by Crippen LogP contribution is -2.29. The number of imide groups is 1. The second kappa shape index (κ2) is 6.49. The molecule has 0 atom stereocenters. The quantitative estimate of drug-likeness (QED) is 0.728. The molecule has 6 heteroatoms. The van der Waals surface area contributed by atoms with Crippen molar-refractivity contribution in [2.24, 2.45) is 0 Å². The van der Waals surface area contributed by atoms with Crippen LogP contribution in [0.3, 0.4) is 0 Å².